The topological polar surface area (TPSA) is 35.8 Å². The molecule has 0 aliphatic heterocycles. The molecule has 0 aliphatic rings. The second-order valence-electron chi connectivity index (χ2n) is 5.05. The smallest absolute Gasteiger partial charge is 0.110 e. The summed E-state index contributed by atoms with van der Waals surface area (Å²) in [6.07, 6.45) is 1.51. The molecule has 0 amide bonds. The van der Waals surface area contributed by atoms with E-state index in [4.69, 9.17) is 0 Å². The lowest BCUT2D eigenvalue weighted by Crippen LogP contribution is -2.44. The molecular formula is C18H20N2. The predicted molar refractivity (Wildman–Crippen MR) is 82.1 cm³/mol. The summed E-state index contributed by atoms with van der Waals surface area (Å²) in [7, 11) is 0. The third kappa shape index (κ3) is 3.69. The fraction of sp³-hybridized carbons (Fsp3) is 0.278. The molecule has 0 heterocycles. The Hall–Kier alpha value is -2.11. The highest BCUT2D eigenvalue weighted by molar-refractivity contribution is 5.23. The lowest BCUT2D eigenvalue weighted by Gasteiger charge is -2.27. The van der Waals surface area contributed by atoms with Gasteiger partial charge in [-0.1, -0.05) is 67.6 Å². The van der Waals surface area contributed by atoms with Gasteiger partial charge in [-0.25, -0.2) is 0 Å². The van der Waals surface area contributed by atoms with Crippen molar-refractivity contribution < 1.29 is 0 Å². The van der Waals surface area contributed by atoms with Crippen LogP contribution in [0, 0.1) is 11.3 Å². The van der Waals surface area contributed by atoms with Crippen molar-refractivity contribution in [3.63, 3.8) is 0 Å². The molecule has 2 nitrogen and oxygen atoms in total. The largest absolute Gasteiger partial charge is 0.295 e. The molecule has 2 rings (SSSR count). The predicted octanol–water partition coefficient (Wildman–Crippen LogP) is 3.69. The highest BCUT2D eigenvalue weighted by atomic mass is 15.0. The Kier molecular flexibility index (Phi) is 4.92. The van der Waals surface area contributed by atoms with Gasteiger partial charge in [0, 0.05) is 13.0 Å². The highest BCUT2D eigenvalue weighted by Crippen LogP contribution is 2.17. The van der Waals surface area contributed by atoms with Crippen LogP contribution in [0.15, 0.2) is 60.7 Å². The molecule has 2 aromatic carbocycles. The van der Waals surface area contributed by atoms with Crippen molar-refractivity contribution >= 4 is 0 Å². The maximum absolute atomic E-state index is 9.60. The van der Waals surface area contributed by atoms with Crippen LogP contribution >= 0.6 is 0 Å². The Morgan fingerprint density at radius 2 is 1.50 bits per heavy atom. The average Bonchev–Trinajstić information content (AvgIpc) is 2.53. The van der Waals surface area contributed by atoms with E-state index in [1.807, 2.05) is 36.4 Å². The molecule has 0 aromatic heterocycles. The molecule has 1 N–H and O–H groups in total. The van der Waals surface area contributed by atoms with Crippen LogP contribution in [0.4, 0.5) is 0 Å². The Bertz CT molecular complexity index is 557. The van der Waals surface area contributed by atoms with Crippen molar-refractivity contribution in [2.45, 2.75) is 31.8 Å². The van der Waals surface area contributed by atoms with Gasteiger partial charge in [0.1, 0.15) is 5.54 Å². The molecule has 0 spiro atoms. The number of rotatable bonds is 6. The zero-order chi connectivity index (χ0) is 14.3. The Morgan fingerprint density at radius 1 is 0.950 bits per heavy atom. The van der Waals surface area contributed by atoms with E-state index in [1.165, 1.54) is 11.1 Å². The number of hydrogen-bond acceptors (Lipinski definition) is 2. The van der Waals surface area contributed by atoms with Crippen LogP contribution in [-0.4, -0.2) is 5.54 Å². The monoisotopic (exact) mass is 264 g/mol. The molecule has 0 saturated heterocycles. The van der Waals surface area contributed by atoms with Crippen LogP contribution in [0.1, 0.15) is 24.5 Å². The van der Waals surface area contributed by atoms with E-state index in [-0.39, 0.29) is 0 Å². The van der Waals surface area contributed by atoms with Crippen LogP contribution in [0.3, 0.4) is 0 Å². The van der Waals surface area contributed by atoms with Gasteiger partial charge in [-0.05, 0) is 17.5 Å². The molecule has 0 bridgehead atoms. The molecule has 1 atom stereocenters. The Labute approximate surface area is 121 Å². The first-order chi connectivity index (χ1) is 9.78. The minimum Gasteiger partial charge on any atom is -0.295 e. The highest BCUT2D eigenvalue weighted by Gasteiger charge is 2.27. The zero-order valence-corrected chi connectivity index (χ0v) is 11.8. The molecule has 1 unspecified atom stereocenters. The SMILES string of the molecule is CCC(C#N)(Cc1ccccc1)NCc1ccccc1. The van der Waals surface area contributed by atoms with Crippen LogP contribution in [0.2, 0.25) is 0 Å². The molecule has 0 aliphatic carbocycles. The lowest BCUT2D eigenvalue weighted by molar-refractivity contribution is 0.394. The molecule has 102 valence electrons. The first-order valence-corrected chi connectivity index (χ1v) is 7.02. The fourth-order valence-electron chi connectivity index (χ4n) is 2.28. The van der Waals surface area contributed by atoms with Crippen LogP contribution in [0.5, 0.6) is 0 Å². The van der Waals surface area contributed by atoms with Gasteiger partial charge >= 0.3 is 0 Å². The van der Waals surface area contributed by atoms with Crippen molar-refractivity contribution in [1.29, 1.82) is 5.26 Å². The van der Waals surface area contributed by atoms with E-state index in [2.05, 4.69) is 42.6 Å². The summed E-state index contributed by atoms with van der Waals surface area (Å²) in [6, 6.07) is 22.9. The summed E-state index contributed by atoms with van der Waals surface area (Å²) in [5, 5.41) is 13.0. The fourth-order valence-corrected chi connectivity index (χ4v) is 2.28. The number of nitriles is 1. The third-order valence-electron chi connectivity index (χ3n) is 3.64. The summed E-state index contributed by atoms with van der Waals surface area (Å²) in [5.41, 5.74) is 1.89. The summed E-state index contributed by atoms with van der Waals surface area (Å²) < 4.78 is 0. The molecular weight excluding hydrogens is 244 g/mol. The van der Waals surface area contributed by atoms with Crippen molar-refractivity contribution in [2.24, 2.45) is 0 Å². The standard InChI is InChI=1S/C18H20N2/c1-2-18(15-19,13-16-9-5-3-6-10-16)20-14-17-11-7-4-8-12-17/h3-12,20H,2,13-14H2,1H3. The first kappa shape index (κ1) is 14.3. The maximum atomic E-state index is 9.60. The van der Waals surface area contributed by atoms with Gasteiger partial charge in [0.15, 0.2) is 0 Å². The number of nitrogens with one attached hydrogen (secondary N) is 1. The molecule has 0 radical (unpaired) electrons. The second-order valence-corrected chi connectivity index (χ2v) is 5.05. The van der Waals surface area contributed by atoms with Gasteiger partial charge in [0.2, 0.25) is 0 Å². The molecule has 0 saturated carbocycles. The van der Waals surface area contributed by atoms with Gasteiger partial charge in [-0.3, -0.25) is 5.32 Å². The first-order valence-electron chi connectivity index (χ1n) is 7.02. The second kappa shape index (κ2) is 6.88. The molecule has 2 aromatic rings. The molecule has 0 fully saturated rings. The minimum absolute atomic E-state index is 0.503. The third-order valence-corrected chi connectivity index (χ3v) is 3.64. The summed E-state index contributed by atoms with van der Waals surface area (Å²) in [5.74, 6) is 0. The average molecular weight is 264 g/mol. The number of hydrogen-bond donors (Lipinski definition) is 1. The molecule has 20 heavy (non-hydrogen) atoms. The Morgan fingerprint density at radius 3 is 2.00 bits per heavy atom. The van der Waals surface area contributed by atoms with E-state index in [0.717, 1.165) is 19.4 Å². The van der Waals surface area contributed by atoms with Crippen molar-refractivity contribution in [1.82, 2.24) is 5.32 Å². The lowest BCUT2D eigenvalue weighted by atomic mass is 9.89. The zero-order valence-electron chi connectivity index (χ0n) is 11.8. The summed E-state index contributed by atoms with van der Waals surface area (Å²) in [6.45, 7) is 2.78. The van der Waals surface area contributed by atoms with E-state index < -0.39 is 5.54 Å². The van der Waals surface area contributed by atoms with E-state index in [1.54, 1.807) is 0 Å². The maximum Gasteiger partial charge on any atom is 0.110 e. The van der Waals surface area contributed by atoms with Gasteiger partial charge in [0.25, 0.3) is 0 Å². The molecule has 2 heteroatoms. The summed E-state index contributed by atoms with van der Waals surface area (Å²) in [4.78, 5) is 0. The number of benzene rings is 2. The van der Waals surface area contributed by atoms with Gasteiger partial charge in [-0.15, -0.1) is 0 Å². The van der Waals surface area contributed by atoms with Gasteiger partial charge in [0.05, 0.1) is 6.07 Å². The minimum atomic E-state index is -0.503. The normalized spacial score (nSPS) is 13.4. The van der Waals surface area contributed by atoms with Crippen molar-refractivity contribution in [3.05, 3.63) is 71.8 Å². The van der Waals surface area contributed by atoms with Crippen molar-refractivity contribution in [3.8, 4) is 6.07 Å². The van der Waals surface area contributed by atoms with Crippen LogP contribution < -0.4 is 5.32 Å². The van der Waals surface area contributed by atoms with Crippen LogP contribution in [0.25, 0.3) is 0 Å². The van der Waals surface area contributed by atoms with E-state index >= 15 is 0 Å². The van der Waals surface area contributed by atoms with E-state index in [9.17, 15) is 5.26 Å². The Balaban J connectivity index is 2.08. The van der Waals surface area contributed by atoms with Gasteiger partial charge < -0.3 is 0 Å². The van der Waals surface area contributed by atoms with E-state index in [0.29, 0.717) is 0 Å². The summed E-state index contributed by atoms with van der Waals surface area (Å²) >= 11 is 0. The van der Waals surface area contributed by atoms with Crippen LogP contribution in [-0.2, 0) is 13.0 Å². The quantitative estimate of drug-likeness (QED) is 0.863. The van der Waals surface area contributed by atoms with Gasteiger partial charge in [-0.2, -0.15) is 5.26 Å². The van der Waals surface area contributed by atoms with Crippen molar-refractivity contribution in [2.75, 3.05) is 0 Å². The number of nitrogens with zero attached hydrogens (tertiary/aromatic N) is 1.